The van der Waals surface area contributed by atoms with Gasteiger partial charge in [0.2, 0.25) is 0 Å². The zero-order chi connectivity index (χ0) is 23.6. The van der Waals surface area contributed by atoms with Gasteiger partial charge in [0.25, 0.3) is 11.8 Å². The minimum atomic E-state index is -4.59. The van der Waals surface area contributed by atoms with Crippen LogP contribution in [0.5, 0.6) is 0 Å². The van der Waals surface area contributed by atoms with Crippen molar-refractivity contribution >= 4 is 40.4 Å². The molecular weight excluding hydrogens is 477 g/mol. The number of nitrogens with zero attached hydrogens (tertiary/aromatic N) is 3. The fourth-order valence-electron chi connectivity index (χ4n) is 3.64. The second-order valence-electron chi connectivity index (χ2n) is 7.50. The Balaban J connectivity index is 1.38. The van der Waals surface area contributed by atoms with Crippen molar-refractivity contribution in [2.75, 3.05) is 18.4 Å². The zero-order valence-corrected chi connectivity index (χ0v) is 18.7. The quantitative estimate of drug-likeness (QED) is 0.487. The number of aromatic nitrogens is 2. The van der Waals surface area contributed by atoms with Crippen molar-refractivity contribution < 1.29 is 22.8 Å². The van der Waals surface area contributed by atoms with Gasteiger partial charge in [-0.15, -0.1) is 11.3 Å². The molecule has 6 nitrogen and oxygen atoms in total. The highest BCUT2D eigenvalue weighted by Gasteiger charge is 2.36. The first kappa shape index (κ1) is 23.2. The van der Waals surface area contributed by atoms with Gasteiger partial charge in [0.15, 0.2) is 0 Å². The van der Waals surface area contributed by atoms with E-state index in [9.17, 15) is 22.8 Å². The smallest absolute Gasteiger partial charge is 0.339 e. The van der Waals surface area contributed by atoms with E-state index in [1.165, 1.54) is 40.6 Å². The highest BCUT2D eigenvalue weighted by Crippen LogP contribution is 2.34. The van der Waals surface area contributed by atoms with Crippen LogP contribution in [0.15, 0.2) is 48.0 Å². The van der Waals surface area contributed by atoms with Crippen LogP contribution in [0.25, 0.3) is 0 Å². The molecule has 0 aliphatic carbocycles. The van der Waals surface area contributed by atoms with E-state index in [2.05, 4.69) is 15.3 Å². The van der Waals surface area contributed by atoms with Gasteiger partial charge in [0, 0.05) is 24.4 Å². The molecule has 11 heteroatoms. The van der Waals surface area contributed by atoms with Crippen LogP contribution in [-0.4, -0.2) is 39.8 Å². The number of hydrogen-bond donors (Lipinski definition) is 1. The standard InChI is InChI=1S/C22H18ClF3N4O2S/c23-18-6-5-14(11-27-18)28-19(31)17-12-33-20(29-17)13-7-9-30(10-8-13)21(32)15-3-1-2-4-16(15)22(24,25)26/h1-6,11-13H,7-10H2,(H,28,31). The van der Waals surface area contributed by atoms with E-state index < -0.39 is 17.6 Å². The summed E-state index contributed by atoms with van der Waals surface area (Å²) < 4.78 is 39.8. The number of rotatable bonds is 4. The van der Waals surface area contributed by atoms with E-state index >= 15 is 0 Å². The Kier molecular flexibility index (Phi) is 6.66. The van der Waals surface area contributed by atoms with Crippen LogP contribution in [0.2, 0.25) is 5.15 Å². The third kappa shape index (κ3) is 5.33. The molecule has 1 aliphatic heterocycles. The van der Waals surface area contributed by atoms with Crippen molar-refractivity contribution in [3.8, 4) is 0 Å². The summed E-state index contributed by atoms with van der Waals surface area (Å²) in [6.07, 6.45) is -2.05. The number of alkyl halides is 3. The number of likely N-dealkylation sites (tertiary alicyclic amines) is 1. The second kappa shape index (κ2) is 9.48. The van der Waals surface area contributed by atoms with Gasteiger partial charge >= 0.3 is 6.18 Å². The molecule has 0 bridgehead atoms. The predicted octanol–water partition coefficient (Wildman–Crippen LogP) is 5.48. The van der Waals surface area contributed by atoms with Crippen LogP contribution >= 0.6 is 22.9 Å². The van der Waals surface area contributed by atoms with E-state index in [0.717, 1.165) is 11.1 Å². The number of thiazole rings is 1. The van der Waals surface area contributed by atoms with Crippen molar-refractivity contribution in [3.05, 3.63) is 75.0 Å². The maximum absolute atomic E-state index is 13.3. The first-order chi connectivity index (χ1) is 15.7. The molecule has 0 spiro atoms. The summed E-state index contributed by atoms with van der Waals surface area (Å²) in [6, 6.07) is 8.01. The molecule has 1 fully saturated rings. The Bertz CT molecular complexity index is 1160. The van der Waals surface area contributed by atoms with E-state index in [0.29, 0.717) is 36.8 Å². The molecule has 3 heterocycles. The minimum Gasteiger partial charge on any atom is -0.339 e. The number of hydrogen-bond acceptors (Lipinski definition) is 5. The molecule has 2 aromatic heterocycles. The number of halogens is 4. The van der Waals surface area contributed by atoms with Gasteiger partial charge in [0.1, 0.15) is 10.8 Å². The Labute approximate surface area is 196 Å². The maximum atomic E-state index is 13.3. The lowest BCUT2D eigenvalue weighted by Crippen LogP contribution is -2.38. The fraction of sp³-hybridized carbons (Fsp3) is 0.273. The average molecular weight is 495 g/mol. The molecule has 3 aromatic rings. The molecule has 0 atom stereocenters. The van der Waals surface area contributed by atoms with Crippen LogP contribution in [-0.2, 0) is 6.18 Å². The molecule has 1 N–H and O–H groups in total. The maximum Gasteiger partial charge on any atom is 0.417 e. The fourth-order valence-corrected chi connectivity index (χ4v) is 4.72. The van der Waals surface area contributed by atoms with Crippen molar-refractivity contribution in [1.29, 1.82) is 0 Å². The van der Waals surface area contributed by atoms with Crippen molar-refractivity contribution in [2.45, 2.75) is 24.9 Å². The van der Waals surface area contributed by atoms with Crippen LogP contribution in [0.4, 0.5) is 18.9 Å². The van der Waals surface area contributed by atoms with Crippen molar-refractivity contribution in [1.82, 2.24) is 14.9 Å². The number of pyridine rings is 1. The Hall–Kier alpha value is -2.98. The van der Waals surface area contributed by atoms with E-state index in [1.54, 1.807) is 17.5 Å². The summed E-state index contributed by atoms with van der Waals surface area (Å²) >= 11 is 7.09. The Morgan fingerprint density at radius 3 is 2.52 bits per heavy atom. The van der Waals surface area contributed by atoms with Gasteiger partial charge in [-0.05, 0) is 37.1 Å². The minimum absolute atomic E-state index is 0.0238. The summed E-state index contributed by atoms with van der Waals surface area (Å²) in [5.74, 6) is -0.981. The van der Waals surface area contributed by atoms with Gasteiger partial charge in [-0.1, -0.05) is 23.7 Å². The first-order valence-corrected chi connectivity index (χ1v) is 11.3. The molecular formula is C22H18ClF3N4O2S. The van der Waals surface area contributed by atoms with Gasteiger partial charge in [-0.2, -0.15) is 13.2 Å². The second-order valence-corrected chi connectivity index (χ2v) is 8.78. The summed E-state index contributed by atoms with van der Waals surface area (Å²) in [6.45, 7) is 0.625. The first-order valence-electron chi connectivity index (χ1n) is 10.1. The number of nitrogens with one attached hydrogen (secondary N) is 1. The molecule has 0 saturated carbocycles. The predicted molar refractivity (Wildman–Crippen MR) is 119 cm³/mol. The average Bonchev–Trinajstić information content (AvgIpc) is 3.30. The van der Waals surface area contributed by atoms with E-state index in [4.69, 9.17) is 11.6 Å². The molecule has 1 aromatic carbocycles. The molecule has 0 unspecified atom stereocenters. The van der Waals surface area contributed by atoms with Crippen molar-refractivity contribution in [3.63, 3.8) is 0 Å². The molecule has 1 aliphatic rings. The van der Waals surface area contributed by atoms with Gasteiger partial charge in [0.05, 0.1) is 28.0 Å². The molecule has 33 heavy (non-hydrogen) atoms. The molecule has 2 amide bonds. The monoisotopic (exact) mass is 494 g/mol. The lowest BCUT2D eigenvalue weighted by molar-refractivity contribution is -0.138. The Morgan fingerprint density at radius 2 is 1.85 bits per heavy atom. The number of carbonyl (C=O) groups is 2. The topological polar surface area (TPSA) is 75.2 Å². The largest absolute Gasteiger partial charge is 0.417 e. The van der Waals surface area contributed by atoms with Crippen LogP contribution in [0, 0.1) is 0 Å². The highest BCUT2D eigenvalue weighted by molar-refractivity contribution is 7.10. The third-order valence-electron chi connectivity index (χ3n) is 5.33. The lowest BCUT2D eigenvalue weighted by Gasteiger charge is -2.31. The number of amides is 2. The number of carbonyl (C=O) groups excluding carboxylic acids is 2. The molecule has 0 radical (unpaired) electrons. The molecule has 4 rings (SSSR count). The SMILES string of the molecule is O=C(Nc1ccc(Cl)nc1)c1csc(C2CCN(C(=O)c3ccccc3C(F)(F)F)CC2)n1. The van der Waals surface area contributed by atoms with Crippen molar-refractivity contribution in [2.24, 2.45) is 0 Å². The van der Waals surface area contributed by atoms with Gasteiger partial charge in [-0.3, -0.25) is 9.59 Å². The lowest BCUT2D eigenvalue weighted by atomic mass is 9.96. The van der Waals surface area contributed by atoms with Crippen LogP contribution in [0.3, 0.4) is 0 Å². The summed E-state index contributed by atoms with van der Waals surface area (Å²) in [5.41, 5.74) is -0.510. The van der Waals surface area contributed by atoms with Crippen LogP contribution < -0.4 is 5.32 Å². The van der Waals surface area contributed by atoms with E-state index in [1.807, 2.05) is 0 Å². The zero-order valence-electron chi connectivity index (χ0n) is 17.1. The van der Waals surface area contributed by atoms with Crippen LogP contribution in [0.1, 0.15) is 50.2 Å². The summed E-state index contributed by atoms with van der Waals surface area (Å²) in [7, 11) is 0. The van der Waals surface area contributed by atoms with E-state index in [-0.39, 0.29) is 23.1 Å². The van der Waals surface area contributed by atoms with Gasteiger partial charge < -0.3 is 10.2 Å². The summed E-state index contributed by atoms with van der Waals surface area (Å²) in [5, 5.41) is 5.43. The highest BCUT2D eigenvalue weighted by atomic mass is 35.5. The van der Waals surface area contributed by atoms with Gasteiger partial charge in [-0.25, -0.2) is 9.97 Å². The molecule has 172 valence electrons. The number of benzene rings is 1. The number of piperidine rings is 1. The Morgan fingerprint density at radius 1 is 1.12 bits per heavy atom. The third-order valence-corrected chi connectivity index (χ3v) is 6.56. The number of anilines is 1. The normalized spacial score (nSPS) is 14.8. The summed E-state index contributed by atoms with van der Waals surface area (Å²) in [4.78, 5) is 35.0. The molecule has 1 saturated heterocycles.